The average molecular weight is 240 g/mol. The lowest BCUT2D eigenvalue weighted by Crippen LogP contribution is -2.02. The third kappa shape index (κ3) is 1.84. The van der Waals surface area contributed by atoms with Gasteiger partial charge in [0.25, 0.3) is 0 Å². The molecule has 0 spiro atoms. The Balaban J connectivity index is 2.12. The first-order valence-electron chi connectivity index (χ1n) is 5.75. The molecule has 0 unspecified atom stereocenters. The number of benzene rings is 1. The Kier molecular flexibility index (Phi) is 2.74. The highest BCUT2D eigenvalue weighted by molar-refractivity contribution is 5.91. The third-order valence-electron chi connectivity index (χ3n) is 2.69. The zero-order valence-electron chi connectivity index (χ0n) is 9.71. The fraction of sp³-hybridized carbons (Fsp3) is 0.154. The Labute approximate surface area is 104 Å². The first kappa shape index (κ1) is 10.9. The van der Waals surface area contributed by atoms with Crippen molar-refractivity contribution >= 4 is 10.9 Å². The molecule has 18 heavy (non-hydrogen) atoms. The second-order valence-corrected chi connectivity index (χ2v) is 3.92. The Morgan fingerprint density at radius 1 is 1.11 bits per heavy atom. The number of rotatable bonds is 3. The predicted octanol–water partition coefficient (Wildman–Crippen LogP) is 1.79. The van der Waals surface area contributed by atoms with E-state index in [1.807, 2.05) is 30.3 Å². The van der Waals surface area contributed by atoms with Gasteiger partial charge in [-0.25, -0.2) is 0 Å². The monoisotopic (exact) mass is 240 g/mol. The maximum Gasteiger partial charge on any atom is 0.249 e. The molecule has 90 valence electrons. The molecule has 0 amide bonds. The van der Waals surface area contributed by atoms with Gasteiger partial charge in [0.15, 0.2) is 0 Å². The molecular formula is C13H12N4O. The molecule has 0 aliphatic rings. The minimum absolute atomic E-state index is 0.489. The smallest absolute Gasteiger partial charge is 0.249 e. The number of aromatic nitrogens is 3. The van der Waals surface area contributed by atoms with Crippen LogP contribution in [0.3, 0.4) is 0 Å². The largest absolute Gasteiger partial charge is 0.421 e. The summed E-state index contributed by atoms with van der Waals surface area (Å²) in [7, 11) is 0. The van der Waals surface area contributed by atoms with Crippen molar-refractivity contribution in [1.82, 2.24) is 15.2 Å². The van der Waals surface area contributed by atoms with E-state index in [9.17, 15) is 0 Å². The van der Waals surface area contributed by atoms with Crippen LogP contribution in [0.2, 0.25) is 0 Å². The molecule has 1 aromatic carbocycles. The zero-order valence-corrected chi connectivity index (χ0v) is 9.71. The van der Waals surface area contributed by atoms with E-state index < -0.39 is 0 Å². The van der Waals surface area contributed by atoms with E-state index in [2.05, 4.69) is 15.2 Å². The van der Waals surface area contributed by atoms with Crippen LogP contribution < -0.4 is 5.73 Å². The van der Waals surface area contributed by atoms with Crippen LogP contribution in [-0.2, 0) is 6.42 Å². The topological polar surface area (TPSA) is 77.8 Å². The fourth-order valence-electron chi connectivity index (χ4n) is 1.86. The number of hydrogen-bond donors (Lipinski definition) is 1. The van der Waals surface area contributed by atoms with Gasteiger partial charge >= 0.3 is 0 Å². The number of fused-ring (bicyclic) bond motifs is 1. The lowest BCUT2D eigenvalue weighted by atomic mass is 10.1. The van der Waals surface area contributed by atoms with Crippen molar-refractivity contribution in [3.05, 3.63) is 42.4 Å². The van der Waals surface area contributed by atoms with Crippen molar-refractivity contribution in [3.63, 3.8) is 0 Å². The molecule has 5 nitrogen and oxygen atoms in total. The second-order valence-electron chi connectivity index (χ2n) is 3.92. The van der Waals surface area contributed by atoms with Crippen molar-refractivity contribution in [3.8, 4) is 11.5 Å². The summed E-state index contributed by atoms with van der Waals surface area (Å²) in [6.07, 6.45) is 2.34. The third-order valence-corrected chi connectivity index (χ3v) is 2.69. The standard InChI is InChI=1S/C13H12N4O/c14-7-6-11-16-17-13(18-11)10-5-1-3-9-4-2-8-15-12(9)10/h1-5,8H,6-7,14H2. The van der Waals surface area contributed by atoms with Gasteiger partial charge in [-0.2, -0.15) is 0 Å². The molecule has 2 aromatic heterocycles. The molecule has 2 heterocycles. The highest BCUT2D eigenvalue weighted by Gasteiger charge is 2.11. The quantitative estimate of drug-likeness (QED) is 0.755. The lowest BCUT2D eigenvalue weighted by Gasteiger charge is -2.00. The van der Waals surface area contributed by atoms with E-state index in [0.717, 1.165) is 16.5 Å². The van der Waals surface area contributed by atoms with Crippen LogP contribution >= 0.6 is 0 Å². The highest BCUT2D eigenvalue weighted by atomic mass is 16.4. The van der Waals surface area contributed by atoms with Crippen LogP contribution in [0, 0.1) is 0 Å². The van der Waals surface area contributed by atoms with E-state index in [0.29, 0.717) is 24.7 Å². The van der Waals surface area contributed by atoms with E-state index in [1.165, 1.54) is 0 Å². The molecular weight excluding hydrogens is 228 g/mol. The first-order chi connectivity index (χ1) is 8.88. The Morgan fingerprint density at radius 3 is 2.89 bits per heavy atom. The second kappa shape index (κ2) is 4.54. The molecule has 0 aliphatic carbocycles. The number of pyridine rings is 1. The van der Waals surface area contributed by atoms with E-state index in [4.69, 9.17) is 10.2 Å². The number of nitrogens with two attached hydrogens (primary N) is 1. The predicted molar refractivity (Wildman–Crippen MR) is 67.8 cm³/mol. The maximum absolute atomic E-state index is 5.58. The van der Waals surface area contributed by atoms with Crippen LogP contribution in [0.25, 0.3) is 22.4 Å². The fourth-order valence-corrected chi connectivity index (χ4v) is 1.86. The summed E-state index contributed by atoms with van der Waals surface area (Å²) in [4.78, 5) is 4.36. The van der Waals surface area contributed by atoms with Crippen LogP contribution in [0.1, 0.15) is 5.89 Å². The highest BCUT2D eigenvalue weighted by Crippen LogP contribution is 2.25. The van der Waals surface area contributed by atoms with Gasteiger partial charge in [0.05, 0.1) is 11.1 Å². The summed E-state index contributed by atoms with van der Waals surface area (Å²) in [5.74, 6) is 1.04. The van der Waals surface area contributed by atoms with Crippen LogP contribution in [-0.4, -0.2) is 21.7 Å². The van der Waals surface area contributed by atoms with Gasteiger partial charge in [-0.1, -0.05) is 18.2 Å². The van der Waals surface area contributed by atoms with Gasteiger partial charge in [-0.15, -0.1) is 10.2 Å². The Morgan fingerprint density at radius 2 is 2.00 bits per heavy atom. The molecule has 3 aromatic rings. The van der Waals surface area contributed by atoms with Gasteiger partial charge in [0, 0.05) is 24.5 Å². The lowest BCUT2D eigenvalue weighted by molar-refractivity contribution is 0.507. The number of nitrogens with zero attached hydrogens (tertiary/aromatic N) is 3. The molecule has 0 fully saturated rings. The van der Waals surface area contributed by atoms with Gasteiger partial charge in [-0.05, 0) is 12.1 Å². The van der Waals surface area contributed by atoms with Crippen molar-refractivity contribution in [2.45, 2.75) is 6.42 Å². The normalized spacial score (nSPS) is 10.9. The van der Waals surface area contributed by atoms with Crippen LogP contribution in [0.15, 0.2) is 40.9 Å². The summed E-state index contributed by atoms with van der Waals surface area (Å²) in [5.41, 5.74) is 7.17. The molecule has 2 N–H and O–H groups in total. The summed E-state index contributed by atoms with van der Waals surface area (Å²) < 4.78 is 5.58. The van der Waals surface area contributed by atoms with Gasteiger partial charge < -0.3 is 10.2 Å². The molecule has 0 aliphatic heterocycles. The minimum Gasteiger partial charge on any atom is -0.421 e. The van der Waals surface area contributed by atoms with E-state index in [-0.39, 0.29) is 0 Å². The molecule has 3 rings (SSSR count). The molecule has 0 saturated heterocycles. The summed E-state index contributed by atoms with van der Waals surface area (Å²) >= 11 is 0. The Hall–Kier alpha value is -2.27. The van der Waals surface area contributed by atoms with Gasteiger partial charge in [-0.3, -0.25) is 4.98 Å². The molecule has 5 heteroatoms. The van der Waals surface area contributed by atoms with E-state index >= 15 is 0 Å². The molecule has 0 radical (unpaired) electrons. The van der Waals surface area contributed by atoms with Crippen molar-refractivity contribution in [1.29, 1.82) is 0 Å². The van der Waals surface area contributed by atoms with Gasteiger partial charge in [0.1, 0.15) is 0 Å². The SMILES string of the molecule is NCCc1nnc(-c2cccc3cccnc23)o1. The number of para-hydroxylation sites is 1. The maximum atomic E-state index is 5.58. The molecule has 0 bridgehead atoms. The summed E-state index contributed by atoms with van der Waals surface area (Å²) in [6, 6.07) is 9.78. The van der Waals surface area contributed by atoms with Crippen molar-refractivity contribution in [2.75, 3.05) is 6.54 Å². The number of hydrogen-bond acceptors (Lipinski definition) is 5. The summed E-state index contributed by atoms with van der Waals surface area (Å²) in [6.45, 7) is 0.495. The summed E-state index contributed by atoms with van der Waals surface area (Å²) in [5, 5.41) is 9.06. The van der Waals surface area contributed by atoms with E-state index in [1.54, 1.807) is 6.20 Å². The molecule has 0 saturated carbocycles. The first-order valence-corrected chi connectivity index (χ1v) is 5.75. The van der Waals surface area contributed by atoms with Crippen molar-refractivity contribution < 1.29 is 4.42 Å². The zero-order chi connectivity index (χ0) is 12.4. The Bertz CT molecular complexity index is 672. The van der Waals surface area contributed by atoms with Crippen molar-refractivity contribution in [2.24, 2.45) is 5.73 Å². The minimum atomic E-state index is 0.489. The van der Waals surface area contributed by atoms with Crippen LogP contribution in [0.4, 0.5) is 0 Å². The van der Waals surface area contributed by atoms with Crippen LogP contribution in [0.5, 0.6) is 0 Å². The average Bonchev–Trinajstić information content (AvgIpc) is 2.87. The van der Waals surface area contributed by atoms with Gasteiger partial charge in [0.2, 0.25) is 11.8 Å². The molecule has 0 atom stereocenters.